The third-order valence-electron chi connectivity index (χ3n) is 1.57. The van der Waals surface area contributed by atoms with Crippen molar-refractivity contribution >= 4 is 34.2 Å². The largest absolute Gasteiger partial charge is 0.298 e. The van der Waals surface area contributed by atoms with Gasteiger partial charge in [0.15, 0.2) is 12.6 Å². The number of hydrogen-bond donors (Lipinski definition) is 0. The summed E-state index contributed by atoms with van der Waals surface area (Å²) in [5.41, 5.74) is -0.698. The predicted octanol–water partition coefficient (Wildman–Crippen LogP) is 1.98. The van der Waals surface area contributed by atoms with Gasteiger partial charge in [-0.1, -0.05) is 15.9 Å². The second-order valence-electron chi connectivity index (χ2n) is 2.43. The van der Waals surface area contributed by atoms with Crippen LogP contribution in [0.4, 0.5) is 5.69 Å². The lowest BCUT2D eigenvalue weighted by Gasteiger charge is -1.99. The zero-order valence-corrected chi connectivity index (χ0v) is 8.35. The molecule has 1 aromatic carbocycles. The van der Waals surface area contributed by atoms with Crippen LogP contribution in [0.5, 0.6) is 0 Å². The molecule has 1 aromatic rings. The normalized spacial score (nSPS) is 9.50. The highest BCUT2D eigenvalue weighted by Crippen LogP contribution is 2.25. The molecule has 0 bridgehead atoms. The van der Waals surface area contributed by atoms with Gasteiger partial charge in [-0.25, -0.2) is 0 Å². The van der Waals surface area contributed by atoms with E-state index in [-0.39, 0.29) is 11.1 Å². The van der Waals surface area contributed by atoms with Crippen molar-refractivity contribution in [2.75, 3.05) is 0 Å². The first kappa shape index (κ1) is 10.5. The number of nitrogens with zero attached hydrogens (tertiary/aromatic N) is 1. The molecule has 0 unspecified atom stereocenters. The molecule has 14 heavy (non-hydrogen) atoms. The summed E-state index contributed by atoms with van der Waals surface area (Å²) < 4.78 is 0.451. The Hall–Kier alpha value is -1.56. The van der Waals surface area contributed by atoms with Crippen LogP contribution < -0.4 is 0 Å². The van der Waals surface area contributed by atoms with Gasteiger partial charge < -0.3 is 0 Å². The van der Waals surface area contributed by atoms with Crippen molar-refractivity contribution in [2.45, 2.75) is 0 Å². The number of aldehydes is 2. The molecule has 0 aliphatic carbocycles. The Morgan fingerprint density at radius 2 is 1.64 bits per heavy atom. The van der Waals surface area contributed by atoms with Gasteiger partial charge >= 0.3 is 0 Å². The molecule has 0 aliphatic rings. The first-order valence-electron chi connectivity index (χ1n) is 3.48. The number of carbonyl (C=O) groups excluding carboxylic acids is 2. The molecule has 0 spiro atoms. The minimum atomic E-state index is -0.750. The summed E-state index contributed by atoms with van der Waals surface area (Å²) in [5, 5.41) is 10.5. The van der Waals surface area contributed by atoms with Crippen molar-refractivity contribution < 1.29 is 14.5 Å². The lowest BCUT2D eigenvalue weighted by Crippen LogP contribution is -1.99. The van der Waals surface area contributed by atoms with Crippen molar-refractivity contribution in [1.82, 2.24) is 0 Å². The molecular weight excluding hydrogens is 254 g/mol. The lowest BCUT2D eigenvalue weighted by atomic mass is 10.1. The smallest absolute Gasteiger partial charge is 0.290 e. The van der Waals surface area contributed by atoms with E-state index in [1.54, 1.807) is 0 Å². The highest BCUT2D eigenvalue weighted by atomic mass is 79.9. The molecule has 0 atom stereocenters. The highest BCUT2D eigenvalue weighted by Gasteiger charge is 2.19. The molecule has 5 nitrogen and oxygen atoms in total. The molecule has 0 amide bonds. The van der Waals surface area contributed by atoms with Gasteiger partial charge in [-0.15, -0.1) is 0 Å². The Morgan fingerprint density at radius 1 is 1.21 bits per heavy atom. The topological polar surface area (TPSA) is 77.3 Å². The second kappa shape index (κ2) is 4.10. The van der Waals surface area contributed by atoms with Crippen molar-refractivity contribution in [2.24, 2.45) is 0 Å². The second-order valence-corrected chi connectivity index (χ2v) is 3.34. The Kier molecular flexibility index (Phi) is 3.08. The third-order valence-corrected chi connectivity index (χ3v) is 2.03. The minimum absolute atomic E-state index is 0.119. The summed E-state index contributed by atoms with van der Waals surface area (Å²) in [7, 11) is 0. The zero-order valence-electron chi connectivity index (χ0n) is 6.77. The number of nitro benzene ring substituents is 1. The molecular formula is C8H4BrNO4. The number of carbonyl (C=O) groups is 2. The van der Waals surface area contributed by atoms with E-state index in [1.165, 1.54) is 12.1 Å². The maximum Gasteiger partial charge on any atom is 0.290 e. The zero-order chi connectivity index (χ0) is 10.7. The molecule has 1 rings (SSSR count). The molecule has 0 radical (unpaired) electrons. The van der Waals surface area contributed by atoms with Crippen LogP contribution in [0.1, 0.15) is 20.7 Å². The minimum Gasteiger partial charge on any atom is -0.298 e. The van der Waals surface area contributed by atoms with E-state index >= 15 is 0 Å². The quantitative estimate of drug-likeness (QED) is 0.471. The van der Waals surface area contributed by atoms with Gasteiger partial charge in [-0.3, -0.25) is 19.7 Å². The fourth-order valence-corrected chi connectivity index (χ4v) is 1.53. The first-order valence-corrected chi connectivity index (χ1v) is 4.27. The Bertz CT molecular complexity index is 387. The fourth-order valence-electron chi connectivity index (χ4n) is 1.03. The summed E-state index contributed by atoms with van der Waals surface area (Å²) in [6, 6.07) is 2.58. The van der Waals surface area contributed by atoms with Gasteiger partial charge in [0.1, 0.15) is 0 Å². The molecule has 6 heteroatoms. The number of halogens is 1. The van der Waals surface area contributed by atoms with Gasteiger partial charge in [0.25, 0.3) is 5.69 Å². The van der Waals surface area contributed by atoms with E-state index < -0.39 is 10.6 Å². The summed E-state index contributed by atoms with van der Waals surface area (Å²) in [5.74, 6) is 0. The highest BCUT2D eigenvalue weighted by molar-refractivity contribution is 9.10. The standard InChI is InChI=1S/C8H4BrNO4/c9-7-1-5(3-11)8(10(13)14)6(2-7)4-12/h1-4H. The van der Waals surface area contributed by atoms with Crippen LogP contribution in [0.2, 0.25) is 0 Å². The van der Waals surface area contributed by atoms with Gasteiger partial charge in [0.2, 0.25) is 0 Å². The molecule has 0 heterocycles. The molecule has 0 saturated heterocycles. The maximum atomic E-state index is 10.5. The number of benzene rings is 1. The number of hydrogen-bond acceptors (Lipinski definition) is 4. The van der Waals surface area contributed by atoms with E-state index in [0.29, 0.717) is 17.0 Å². The third kappa shape index (κ3) is 1.85. The SMILES string of the molecule is O=Cc1cc(Br)cc(C=O)c1[N+](=O)[O-]. The number of rotatable bonds is 3. The van der Waals surface area contributed by atoms with Gasteiger partial charge in [0, 0.05) is 4.47 Å². The van der Waals surface area contributed by atoms with E-state index in [0.717, 1.165) is 0 Å². The lowest BCUT2D eigenvalue weighted by molar-refractivity contribution is -0.385. The van der Waals surface area contributed by atoms with Gasteiger partial charge in [0.05, 0.1) is 16.1 Å². The average Bonchev–Trinajstić information content (AvgIpc) is 2.15. The van der Waals surface area contributed by atoms with Crippen LogP contribution in [0, 0.1) is 10.1 Å². The molecule has 0 fully saturated rings. The summed E-state index contributed by atoms with van der Waals surface area (Å²) in [4.78, 5) is 30.8. The maximum absolute atomic E-state index is 10.5. The number of nitro groups is 1. The van der Waals surface area contributed by atoms with Crippen molar-refractivity contribution in [3.05, 3.63) is 37.8 Å². The van der Waals surface area contributed by atoms with Crippen molar-refractivity contribution in [1.29, 1.82) is 0 Å². The van der Waals surface area contributed by atoms with Crippen LogP contribution in [-0.2, 0) is 0 Å². The Labute approximate surface area is 87.0 Å². The molecule has 0 aliphatic heterocycles. The van der Waals surface area contributed by atoms with E-state index in [1.807, 2.05) is 0 Å². The monoisotopic (exact) mass is 257 g/mol. The first-order chi connectivity index (χ1) is 6.60. The molecule has 0 saturated carbocycles. The summed E-state index contributed by atoms with van der Waals surface area (Å²) >= 11 is 3.04. The fraction of sp³-hybridized carbons (Fsp3) is 0. The summed E-state index contributed by atoms with van der Waals surface area (Å²) in [6.45, 7) is 0. The van der Waals surface area contributed by atoms with E-state index in [2.05, 4.69) is 15.9 Å². The van der Waals surface area contributed by atoms with Crippen LogP contribution >= 0.6 is 15.9 Å². The van der Waals surface area contributed by atoms with Gasteiger partial charge in [-0.05, 0) is 12.1 Å². The Morgan fingerprint density at radius 3 is 1.93 bits per heavy atom. The predicted molar refractivity (Wildman–Crippen MR) is 51.6 cm³/mol. The summed E-state index contributed by atoms with van der Waals surface area (Å²) in [6.07, 6.45) is 0.686. The molecule has 0 N–H and O–H groups in total. The van der Waals surface area contributed by atoms with E-state index in [9.17, 15) is 19.7 Å². The molecule has 72 valence electrons. The van der Waals surface area contributed by atoms with Crippen LogP contribution in [0.15, 0.2) is 16.6 Å². The Balaban J connectivity index is 3.56. The van der Waals surface area contributed by atoms with Crippen LogP contribution in [0.25, 0.3) is 0 Å². The average molecular weight is 258 g/mol. The van der Waals surface area contributed by atoms with E-state index in [4.69, 9.17) is 0 Å². The van der Waals surface area contributed by atoms with Crippen LogP contribution in [-0.4, -0.2) is 17.5 Å². The van der Waals surface area contributed by atoms with Gasteiger partial charge in [-0.2, -0.15) is 0 Å². The van der Waals surface area contributed by atoms with Crippen LogP contribution in [0.3, 0.4) is 0 Å². The van der Waals surface area contributed by atoms with Crippen molar-refractivity contribution in [3.63, 3.8) is 0 Å². The van der Waals surface area contributed by atoms with Crippen molar-refractivity contribution in [3.8, 4) is 0 Å². The molecule has 0 aromatic heterocycles.